The largest absolute Gasteiger partial charge is 0.493 e. The Morgan fingerprint density at radius 1 is 1.00 bits per heavy atom. The molecule has 1 atom stereocenters. The van der Waals surface area contributed by atoms with E-state index in [0.29, 0.717) is 22.1 Å². The summed E-state index contributed by atoms with van der Waals surface area (Å²) in [6.07, 6.45) is 1.49. The van der Waals surface area contributed by atoms with Gasteiger partial charge in [-0.1, -0.05) is 60.1 Å². The molecule has 0 N–H and O–H groups in total. The van der Waals surface area contributed by atoms with Gasteiger partial charge in [0.25, 0.3) is 0 Å². The summed E-state index contributed by atoms with van der Waals surface area (Å²) in [5.41, 5.74) is 2.54. The van der Waals surface area contributed by atoms with E-state index in [1.54, 1.807) is 43.5 Å². The van der Waals surface area contributed by atoms with Gasteiger partial charge in [0.05, 0.1) is 17.7 Å². The van der Waals surface area contributed by atoms with Gasteiger partial charge in [-0.25, -0.2) is 9.79 Å². The molecule has 156 valence electrons. The second-order valence-corrected chi connectivity index (χ2v) is 7.30. The maximum Gasteiger partial charge on any atom is 0.363 e. The van der Waals surface area contributed by atoms with Gasteiger partial charge in [-0.15, -0.1) is 0 Å². The number of rotatable bonds is 6. The molecule has 0 fully saturated rings. The number of hydrogen-bond acceptors (Lipinski definition) is 5. The summed E-state index contributed by atoms with van der Waals surface area (Å²) in [7, 11) is 1.57. The zero-order valence-corrected chi connectivity index (χ0v) is 17.8. The fourth-order valence-electron chi connectivity index (χ4n) is 3.17. The van der Waals surface area contributed by atoms with Crippen LogP contribution in [0.25, 0.3) is 6.08 Å². The van der Waals surface area contributed by atoms with Gasteiger partial charge in [-0.05, 0) is 48.4 Å². The lowest BCUT2D eigenvalue weighted by Crippen LogP contribution is -2.05. The third-order valence-corrected chi connectivity index (χ3v) is 5.12. The molecular weight excluding hydrogens is 414 g/mol. The summed E-state index contributed by atoms with van der Waals surface area (Å²) in [5.74, 6) is 0.812. The molecule has 0 aromatic heterocycles. The molecule has 31 heavy (non-hydrogen) atoms. The quantitative estimate of drug-likeness (QED) is 0.362. The fraction of sp³-hybridized carbons (Fsp3) is 0.120. The van der Waals surface area contributed by atoms with Gasteiger partial charge in [0.2, 0.25) is 5.90 Å². The minimum Gasteiger partial charge on any atom is -0.493 e. The van der Waals surface area contributed by atoms with Gasteiger partial charge in [0.15, 0.2) is 17.2 Å². The molecule has 1 aliphatic rings. The van der Waals surface area contributed by atoms with Crippen molar-refractivity contribution in [3.8, 4) is 11.5 Å². The van der Waals surface area contributed by atoms with Crippen molar-refractivity contribution in [3.63, 3.8) is 0 Å². The number of carbonyl (C=O) groups is 1. The average Bonchev–Trinajstić information content (AvgIpc) is 3.15. The number of methoxy groups -OCH3 is 1. The molecule has 0 unspecified atom stereocenters. The van der Waals surface area contributed by atoms with Crippen molar-refractivity contribution in [3.05, 3.63) is 100 Å². The summed E-state index contributed by atoms with van der Waals surface area (Å²) in [6.45, 7) is 1.98. The van der Waals surface area contributed by atoms with E-state index in [2.05, 4.69) is 4.99 Å². The summed E-state index contributed by atoms with van der Waals surface area (Å²) >= 11 is 6.18. The molecule has 1 aliphatic heterocycles. The van der Waals surface area contributed by atoms with E-state index in [1.165, 1.54) is 0 Å². The van der Waals surface area contributed by atoms with Crippen LogP contribution in [0.3, 0.4) is 0 Å². The second kappa shape index (κ2) is 9.06. The van der Waals surface area contributed by atoms with Crippen molar-refractivity contribution in [2.24, 2.45) is 4.99 Å². The Bertz CT molecular complexity index is 1170. The number of esters is 1. The fourth-order valence-corrected chi connectivity index (χ4v) is 3.39. The van der Waals surface area contributed by atoms with Crippen molar-refractivity contribution in [1.82, 2.24) is 0 Å². The lowest BCUT2D eigenvalue weighted by molar-refractivity contribution is -0.129. The first-order valence-electron chi connectivity index (χ1n) is 9.72. The van der Waals surface area contributed by atoms with Crippen molar-refractivity contribution < 1.29 is 19.0 Å². The van der Waals surface area contributed by atoms with Crippen molar-refractivity contribution in [1.29, 1.82) is 0 Å². The predicted octanol–water partition coefficient (Wildman–Crippen LogP) is 5.83. The van der Waals surface area contributed by atoms with Gasteiger partial charge in [0.1, 0.15) is 6.10 Å². The van der Waals surface area contributed by atoms with E-state index < -0.39 is 5.97 Å². The van der Waals surface area contributed by atoms with Gasteiger partial charge in [0, 0.05) is 0 Å². The third-order valence-electron chi connectivity index (χ3n) is 4.79. The number of ether oxygens (including phenoxy) is 3. The summed E-state index contributed by atoms with van der Waals surface area (Å²) < 4.78 is 16.9. The topological polar surface area (TPSA) is 57.1 Å². The van der Waals surface area contributed by atoms with E-state index in [1.807, 2.05) is 49.4 Å². The van der Waals surface area contributed by atoms with E-state index in [9.17, 15) is 4.79 Å². The summed E-state index contributed by atoms with van der Waals surface area (Å²) in [6, 6.07) is 22.4. The van der Waals surface area contributed by atoms with E-state index in [4.69, 9.17) is 25.8 Å². The minimum absolute atomic E-state index is 0.146. The predicted molar refractivity (Wildman–Crippen MR) is 121 cm³/mol. The molecule has 0 radical (unpaired) electrons. The smallest absolute Gasteiger partial charge is 0.363 e. The molecule has 0 saturated heterocycles. The Morgan fingerprint density at radius 2 is 1.74 bits per heavy atom. The number of cyclic esters (lactones) is 1. The normalized spacial score (nSPS) is 15.4. The highest BCUT2D eigenvalue weighted by molar-refractivity contribution is 6.34. The number of halogens is 1. The number of carbonyl (C=O) groups excluding carboxylic acids is 1. The Balaban J connectivity index is 1.58. The van der Waals surface area contributed by atoms with Gasteiger partial charge in [-0.3, -0.25) is 0 Å². The van der Waals surface area contributed by atoms with Crippen LogP contribution in [-0.2, 0) is 9.53 Å². The summed E-state index contributed by atoms with van der Waals surface area (Å²) in [4.78, 5) is 16.6. The second-order valence-electron chi connectivity index (χ2n) is 6.90. The maximum atomic E-state index is 12.3. The van der Waals surface area contributed by atoms with Gasteiger partial charge >= 0.3 is 5.97 Å². The van der Waals surface area contributed by atoms with Crippen molar-refractivity contribution in [2.75, 3.05) is 7.11 Å². The zero-order valence-electron chi connectivity index (χ0n) is 17.0. The van der Waals surface area contributed by atoms with Gasteiger partial charge < -0.3 is 14.2 Å². The van der Waals surface area contributed by atoms with Gasteiger partial charge in [-0.2, -0.15) is 0 Å². The SMILES string of the molecule is COc1cc(/C=C2/N=C(c3ccccc3Cl)OC2=O)ccc1O[C@H](C)c1ccccc1. The Kier molecular flexibility index (Phi) is 6.05. The van der Waals surface area contributed by atoms with Crippen LogP contribution >= 0.6 is 11.6 Å². The van der Waals surface area contributed by atoms with Crippen LogP contribution in [0.5, 0.6) is 11.5 Å². The van der Waals surface area contributed by atoms with Crippen LogP contribution in [0.1, 0.15) is 29.7 Å². The van der Waals surface area contributed by atoms with Crippen LogP contribution in [0.4, 0.5) is 0 Å². The molecule has 1 heterocycles. The first-order valence-corrected chi connectivity index (χ1v) is 10.1. The minimum atomic E-state index is -0.535. The Hall–Kier alpha value is -3.57. The first kappa shape index (κ1) is 20.7. The lowest BCUT2D eigenvalue weighted by atomic mass is 10.1. The van der Waals surface area contributed by atoms with Crippen LogP contribution < -0.4 is 9.47 Å². The molecule has 0 bridgehead atoms. The van der Waals surface area contributed by atoms with E-state index in [0.717, 1.165) is 11.1 Å². The lowest BCUT2D eigenvalue weighted by Gasteiger charge is -2.17. The molecular formula is C25H20ClNO4. The third kappa shape index (κ3) is 4.62. The molecule has 3 aromatic carbocycles. The number of hydrogen-bond donors (Lipinski definition) is 0. The van der Waals surface area contributed by atoms with E-state index >= 15 is 0 Å². The zero-order chi connectivity index (χ0) is 21.8. The highest BCUT2D eigenvalue weighted by Gasteiger charge is 2.25. The molecule has 0 spiro atoms. The molecule has 5 nitrogen and oxygen atoms in total. The Morgan fingerprint density at radius 3 is 2.48 bits per heavy atom. The first-order chi connectivity index (χ1) is 15.0. The van der Waals surface area contributed by atoms with Crippen LogP contribution in [0.15, 0.2) is 83.5 Å². The van der Waals surface area contributed by atoms with Crippen LogP contribution in [0, 0.1) is 0 Å². The molecule has 3 aromatic rings. The Labute approximate surface area is 185 Å². The maximum absolute atomic E-state index is 12.3. The summed E-state index contributed by atoms with van der Waals surface area (Å²) in [5, 5.41) is 0.464. The standard InChI is InChI=1S/C25H20ClNO4/c1-16(18-8-4-3-5-9-18)30-22-13-12-17(15-23(22)29-2)14-21-25(28)31-24(27-21)19-10-6-7-11-20(19)26/h3-16H,1-2H3/b21-14+/t16-/m1/s1. The van der Waals surface area contributed by atoms with E-state index in [-0.39, 0.29) is 17.7 Å². The molecule has 0 saturated carbocycles. The molecule has 0 aliphatic carbocycles. The highest BCUT2D eigenvalue weighted by atomic mass is 35.5. The van der Waals surface area contributed by atoms with Crippen LogP contribution in [-0.4, -0.2) is 19.0 Å². The van der Waals surface area contributed by atoms with Crippen LogP contribution in [0.2, 0.25) is 5.02 Å². The highest BCUT2D eigenvalue weighted by Crippen LogP contribution is 2.33. The number of aliphatic imine (C=N–C) groups is 1. The molecule has 4 rings (SSSR count). The molecule has 6 heteroatoms. The number of benzene rings is 3. The number of nitrogens with zero attached hydrogens (tertiary/aromatic N) is 1. The molecule has 0 amide bonds. The average molecular weight is 434 g/mol. The van der Waals surface area contributed by atoms with Crippen molar-refractivity contribution >= 4 is 29.5 Å². The monoisotopic (exact) mass is 433 g/mol. The van der Waals surface area contributed by atoms with Crippen molar-refractivity contribution in [2.45, 2.75) is 13.0 Å².